The van der Waals surface area contributed by atoms with E-state index in [9.17, 15) is 18.0 Å². The van der Waals surface area contributed by atoms with E-state index in [4.69, 9.17) is 46.4 Å². The molecule has 35 heavy (non-hydrogen) atoms. The van der Waals surface area contributed by atoms with Crippen molar-refractivity contribution in [3.63, 3.8) is 0 Å². The third-order valence-electron chi connectivity index (χ3n) is 4.97. The van der Waals surface area contributed by atoms with Gasteiger partial charge in [-0.3, -0.25) is 13.9 Å². The molecule has 2 rings (SSSR count). The van der Waals surface area contributed by atoms with E-state index in [2.05, 4.69) is 5.32 Å². The number of nitrogens with zero attached hydrogens (tertiary/aromatic N) is 2. The Balaban J connectivity index is 2.50. The van der Waals surface area contributed by atoms with Crippen LogP contribution in [0, 0.1) is 0 Å². The zero-order valence-corrected chi connectivity index (χ0v) is 23.5. The average Bonchev–Trinajstić information content (AvgIpc) is 2.72. The van der Waals surface area contributed by atoms with Crippen molar-refractivity contribution in [3.05, 3.63) is 62.1 Å². The highest BCUT2D eigenvalue weighted by molar-refractivity contribution is 7.92. The molecule has 0 aromatic heterocycles. The number of carbonyl (C=O) groups is 2. The van der Waals surface area contributed by atoms with E-state index in [0.717, 1.165) is 10.6 Å². The largest absolute Gasteiger partial charge is 0.352 e. The van der Waals surface area contributed by atoms with Crippen molar-refractivity contribution in [1.29, 1.82) is 0 Å². The second-order valence-electron chi connectivity index (χ2n) is 8.25. The van der Waals surface area contributed by atoms with Crippen molar-refractivity contribution in [1.82, 2.24) is 10.2 Å². The molecule has 0 saturated heterocycles. The number of anilines is 1. The molecule has 1 atom stereocenters. The van der Waals surface area contributed by atoms with Crippen molar-refractivity contribution >= 4 is 73.9 Å². The summed E-state index contributed by atoms with van der Waals surface area (Å²) in [5.41, 5.74) is 0.757. The fourth-order valence-corrected chi connectivity index (χ4v) is 5.10. The number of carbonyl (C=O) groups excluding carboxylic acids is 2. The van der Waals surface area contributed by atoms with Crippen LogP contribution in [-0.4, -0.2) is 50.0 Å². The maximum Gasteiger partial charge on any atom is 0.244 e. The molecule has 0 bridgehead atoms. The highest BCUT2D eigenvalue weighted by Crippen LogP contribution is 2.28. The summed E-state index contributed by atoms with van der Waals surface area (Å²) in [6.07, 6.45) is 1.27. The molecular weight excluding hydrogens is 556 g/mol. The summed E-state index contributed by atoms with van der Waals surface area (Å²) in [4.78, 5) is 27.9. The van der Waals surface area contributed by atoms with Gasteiger partial charge in [0.15, 0.2) is 0 Å². The lowest BCUT2D eigenvalue weighted by molar-refractivity contribution is -0.140. The van der Waals surface area contributed by atoms with Crippen LogP contribution in [-0.2, 0) is 26.2 Å². The normalized spacial score (nSPS) is 12.4. The molecule has 2 amide bonds. The fraction of sp³-hybridized carbons (Fsp3) is 0.391. The minimum atomic E-state index is -3.91. The highest BCUT2D eigenvalue weighted by atomic mass is 35.5. The van der Waals surface area contributed by atoms with Gasteiger partial charge in [0.1, 0.15) is 12.6 Å². The number of amides is 2. The molecule has 1 unspecified atom stereocenters. The number of sulfonamides is 1. The molecule has 0 spiro atoms. The fourth-order valence-electron chi connectivity index (χ4n) is 3.43. The first kappa shape index (κ1) is 29.5. The Morgan fingerprint density at radius 1 is 0.971 bits per heavy atom. The SMILES string of the molecule is CCC(C(=O)NC(C)C)N(Cc1ccc(Cl)c(Cl)c1)C(=O)CN(c1cc(Cl)cc(Cl)c1)S(C)(=O)=O. The molecule has 192 valence electrons. The lowest BCUT2D eigenvalue weighted by Crippen LogP contribution is -2.53. The number of benzene rings is 2. The van der Waals surface area contributed by atoms with Gasteiger partial charge in [-0.2, -0.15) is 0 Å². The Hall–Kier alpha value is -1.71. The van der Waals surface area contributed by atoms with E-state index < -0.39 is 28.5 Å². The summed E-state index contributed by atoms with van der Waals surface area (Å²) in [6, 6.07) is 8.11. The molecule has 2 aromatic rings. The van der Waals surface area contributed by atoms with Crippen LogP contribution >= 0.6 is 46.4 Å². The molecular formula is C23H27Cl4N3O4S. The maximum absolute atomic E-state index is 13.6. The van der Waals surface area contributed by atoms with Crippen LogP contribution in [0.15, 0.2) is 36.4 Å². The molecule has 12 heteroatoms. The summed E-state index contributed by atoms with van der Waals surface area (Å²) < 4.78 is 26.2. The van der Waals surface area contributed by atoms with Crippen LogP contribution in [0.5, 0.6) is 0 Å². The molecule has 0 aliphatic heterocycles. The quantitative estimate of drug-likeness (QED) is 0.406. The predicted molar refractivity (Wildman–Crippen MR) is 143 cm³/mol. The number of hydrogen-bond acceptors (Lipinski definition) is 4. The van der Waals surface area contributed by atoms with Crippen LogP contribution < -0.4 is 9.62 Å². The summed E-state index contributed by atoms with van der Waals surface area (Å²) in [7, 11) is -3.91. The van der Waals surface area contributed by atoms with Gasteiger partial charge in [0.05, 0.1) is 22.0 Å². The number of nitrogens with one attached hydrogen (secondary N) is 1. The van der Waals surface area contributed by atoms with Crippen molar-refractivity contribution in [2.75, 3.05) is 17.1 Å². The Morgan fingerprint density at radius 3 is 2.06 bits per heavy atom. The monoisotopic (exact) mass is 581 g/mol. The first-order valence-electron chi connectivity index (χ1n) is 10.7. The minimum Gasteiger partial charge on any atom is -0.352 e. The van der Waals surface area contributed by atoms with Gasteiger partial charge in [-0.1, -0.05) is 59.4 Å². The van der Waals surface area contributed by atoms with E-state index in [-0.39, 0.29) is 34.2 Å². The lowest BCUT2D eigenvalue weighted by Gasteiger charge is -2.33. The van der Waals surface area contributed by atoms with E-state index in [1.807, 2.05) is 13.8 Å². The Labute approximate surface area is 226 Å². The highest BCUT2D eigenvalue weighted by Gasteiger charge is 2.32. The average molecular weight is 583 g/mol. The van der Waals surface area contributed by atoms with E-state index in [1.54, 1.807) is 25.1 Å². The molecule has 0 aliphatic rings. The zero-order valence-electron chi connectivity index (χ0n) is 19.7. The number of rotatable bonds is 10. The van der Waals surface area contributed by atoms with E-state index in [1.165, 1.54) is 23.1 Å². The van der Waals surface area contributed by atoms with Gasteiger partial charge in [-0.25, -0.2) is 8.42 Å². The van der Waals surface area contributed by atoms with Crippen molar-refractivity contribution < 1.29 is 18.0 Å². The Bertz CT molecular complexity index is 1170. The molecule has 2 aromatic carbocycles. The van der Waals surface area contributed by atoms with Gasteiger partial charge >= 0.3 is 0 Å². The van der Waals surface area contributed by atoms with Gasteiger partial charge in [-0.15, -0.1) is 0 Å². The van der Waals surface area contributed by atoms with Gasteiger partial charge in [0.25, 0.3) is 0 Å². The van der Waals surface area contributed by atoms with E-state index >= 15 is 0 Å². The minimum absolute atomic E-state index is 0.00759. The van der Waals surface area contributed by atoms with Crippen LogP contribution in [0.1, 0.15) is 32.8 Å². The predicted octanol–water partition coefficient (Wildman–Crippen LogP) is 5.40. The maximum atomic E-state index is 13.6. The Morgan fingerprint density at radius 2 is 1.57 bits per heavy atom. The number of hydrogen-bond donors (Lipinski definition) is 1. The van der Waals surface area contributed by atoms with Gasteiger partial charge in [0, 0.05) is 22.6 Å². The first-order chi connectivity index (χ1) is 16.2. The molecule has 0 radical (unpaired) electrons. The van der Waals surface area contributed by atoms with Crippen LogP contribution in [0.25, 0.3) is 0 Å². The van der Waals surface area contributed by atoms with Crippen molar-refractivity contribution in [3.8, 4) is 0 Å². The van der Waals surface area contributed by atoms with E-state index in [0.29, 0.717) is 22.0 Å². The third kappa shape index (κ3) is 8.43. The second kappa shape index (κ2) is 12.5. The van der Waals surface area contributed by atoms with Crippen LogP contribution in [0.4, 0.5) is 5.69 Å². The Kier molecular flexibility index (Phi) is 10.5. The molecule has 1 N–H and O–H groups in total. The first-order valence-corrected chi connectivity index (χ1v) is 14.1. The smallest absolute Gasteiger partial charge is 0.244 e. The van der Waals surface area contributed by atoms with Crippen molar-refractivity contribution in [2.45, 2.75) is 45.8 Å². The van der Waals surface area contributed by atoms with Crippen LogP contribution in [0.2, 0.25) is 20.1 Å². The summed E-state index contributed by atoms with van der Waals surface area (Å²) >= 11 is 24.3. The summed E-state index contributed by atoms with van der Waals surface area (Å²) in [5.74, 6) is -0.948. The second-order valence-corrected chi connectivity index (χ2v) is 11.8. The van der Waals surface area contributed by atoms with Gasteiger partial charge in [0.2, 0.25) is 21.8 Å². The standard InChI is InChI=1S/C23H27Cl4N3O4S/c1-5-21(23(32)28-14(2)3)29(12-15-6-7-19(26)20(27)8-15)22(31)13-30(35(4,33)34)18-10-16(24)9-17(25)11-18/h6-11,14,21H,5,12-13H2,1-4H3,(H,28,32). The van der Waals surface area contributed by atoms with Gasteiger partial charge in [-0.05, 0) is 56.2 Å². The molecule has 0 fully saturated rings. The zero-order chi connectivity index (χ0) is 26.5. The topological polar surface area (TPSA) is 86.8 Å². The number of halogens is 4. The summed E-state index contributed by atoms with van der Waals surface area (Å²) in [5, 5.41) is 3.88. The molecule has 0 saturated carbocycles. The third-order valence-corrected chi connectivity index (χ3v) is 7.28. The van der Waals surface area contributed by atoms with Crippen LogP contribution in [0.3, 0.4) is 0 Å². The van der Waals surface area contributed by atoms with Gasteiger partial charge < -0.3 is 10.2 Å². The summed E-state index contributed by atoms with van der Waals surface area (Å²) in [6.45, 7) is 4.83. The molecule has 0 aliphatic carbocycles. The molecule has 7 nitrogen and oxygen atoms in total. The molecule has 0 heterocycles. The lowest BCUT2D eigenvalue weighted by atomic mass is 10.1. The van der Waals surface area contributed by atoms with Crippen molar-refractivity contribution in [2.24, 2.45) is 0 Å².